The Bertz CT molecular complexity index is 424. The predicted molar refractivity (Wildman–Crippen MR) is 93.7 cm³/mol. The van der Waals surface area contributed by atoms with Gasteiger partial charge in [-0.3, -0.25) is 0 Å². The molecule has 1 aromatic rings. The zero-order valence-electron chi connectivity index (χ0n) is 14.1. The molecule has 2 rings (SSSR count). The van der Waals surface area contributed by atoms with Crippen molar-refractivity contribution in [1.29, 1.82) is 0 Å². The third-order valence-electron chi connectivity index (χ3n) is 4.26. The summed E-state index contributed by atoms with van der Waals surface area (Å²) >= 11 is 0. The number of rotatable bonds is 2. The fourth-order valence-corrected chi connectivity index (χ4v) is 6.63. The molecule has 1 saturated heterocycles. The molecule has 1 atom stereocenters. The van der Waals surface area contributed by atoms with E-state index in [1.165, 1.54) is 29.9 Å². The predicted octanol–water partition coefficient (Wildman–Crippen LogP) is 5.48. The van der Waals surface area contributed by atoms with Crippen molar-refractivity contribution in [2.24, 2.45) is 5.41 Å². The lowest BCUT2D eigenvalue weighted by Gasteiger charge is -2.30. The van der Waals surface area contributed by atoms with E-state index in [1.807, 2.05) is 0 Å². The molecule has 0 spiro atoms. The molecule has 0 aliphatic carbocycles. The van der Waals surface area contributed by atoms with Crippen LogP contribution in [-0.4, -0.2) is 11.5 Å². The second-order valence-corrected chi connectivity index (χ2v) is 10.6. The normalized spacial score (nSPS) is 19.3. The van der Waals surface area contributed by atoms with Crippen LogP contribution in [0.5, 0.6) is 0 Å². The summed E-state index contributed by atoms with van der Waals surface area (Å²) in [6.07, 6.45) is 2.88. The average Bonchev–Trinajstić information content (AvgIpc) is 2.80. The molecule has 0 bridgehead atoms. The Morgan fingerprint density at radius 2 is 1.35 bits per heavy atom. The highest BCUT2D eigenvalue weighted by atomic mass is 32.2. The maximum absolute atomic E-state index is 2.42. The number of hydrogen-bond acceptors (Lipinski definition) is 0. The lowest BCUT2D eigenvalue weighted by Crippen LogP contribution is -2.28. The Kier molecular flexibility index (Phi) is 4.59. The van der Waals surface area contributed by atoms with E-state index in [0.717, 1.165) is 5.25 Å². The highest BCUT2D eigenvalue weighted by Gasteiger charge is 2.42. The molecule has 112 valence electrons. The zero-order chi connectivity index (χ0) is 15.0. The van der Waals surface area contributed by atoms with Gasteiger partial charge in [0.15, 0.2) is 0 Å². The first-order valence-electron chi connectivity index (χ1n) is 7.96. The summed E-state index contributed by atoms with van der Waals surface area (Å²) in [5, 5.41) is 0.735. The van der Waals surface area contributed by atoms with Gasteiger partial charge in [-0.05, 0) is 34.7 Å². The molecule has 1 heterocycles. The molecule has 1 aromatic carbocycles. The van der Waals surface area contributed by atoms with Gasteiger partial charge in [-0.2, -0.15) is 0 Å². The first-order valence-corrected chi connectivity index (χ1v) is 9.59. The quantitative estimate of drug-likeness (QED) is 0.633. The summed E-state index contributed by atoms with van der Waals surface area (Å²) in [6.45, 7) is 14.1. The molecule has 20 heavy (non-hydrogen) atoms. The van der Waals surface area contributed by atoms with Crippen molar-refractivity contribution in [3.05, 3.63) is 35.4 Å². The molecule has 0 radical (unpaired) electrons. The molecular formula is C19H31S+. The Balaban J connectivity index is 2.30. The van der Waals surface area contributed by atoms with E-state index < -0.39 is 0 Å². The van der Waals surface area contributed by atoms with Crippen molar-refractivity contribution in [1.82, 2.24) is 0 Å². The van der Waals surface area contributed by atoms with Crippen molar-refractivity contribution in [2.45, 2.75) is 65.0 Å². The van der Waals surface area contributed by atoms with Gasteiger partial charge in [0.1, 0.15) is 16.8 Å². The topological polar surface area (TPSA) is 0 Å². The smallest absolute Gasteiger partial charge is 0.0580 e. The fraction of sp³-hybridized carbons (Fsp3) is 0.684. The molecule has 0 aromatic heterocycles. The van der Waals surface area contributed by atoms with Gasteiger partial charge < -0.3 is 0 Å². The van der Waals surface area contributed by atoms with Crippen LogP contribution in [0.15, 0.2) is 24.3 Å². The van der Waals surface area contributed by atoms with E-state index in [1.54, 1.807) is 5.56 Å². The van der Waals surface area contributed by atoms with Crippen LogP contribution in [0.4, 0.5) is 0 Å². The molecule has 1 aliphatic rings. The summed E-state index contributed by atoms with van der Waals surface area (Å²) in [4.78, 5) is 0. The first-order chi connectivity index (χ1) is 9.19. The summed E-state index contributed by atoms with van der Waals surface area (Å²) in [7, 11) is 0.587. The van der Waals surface area contributed by atoms with Crippen LogP contribution in [0.3, 0.4) is 0 Å². The largest absolute Gasteiger partial charge is 0.148 e. The highest BCUT2D eigenvalue weighted by Crippen LogP contribution is 2.43. The van der Waals surface area contributed by atoms with Crippen molar-refractivity contribution in [3.8, 4) is 0 Å². The van der Waals surface area contributed by atoms with Gasteiger partial charge in [0.05, 0.1) is 0 Å². The van der Waals surface area contributed by atoms with Crippen molar-refractivity contribution < 1.29 is 0 Å². The van der Waals surface area contributed by atoms with E-state index in [4.69, 9.17) is 0 Å². The van der Waals surface area contributed by atoms with Gasteiger partial charge in [-0.1, -0.05) is 65.8 Å². The molecule has 1 fully saturated rings. The number of benzene rings is 1. The minimum absolute atomic E-state index is 0.255. The van der Waals surface area contributed by atoms with E-state index in [2.05, 4.69) is 65.8 Å². The standard InChI is InChI=1S/C19H31S/c1-18(2,3)16-11-9-15(10-12-16)17(19(4,5)6)20-13-7-8-14-20/h9-12,17H,7-8,13-14H2,1-6H3/q+1. The van der Waals surface area contributed by atoms with E-state index >= 15 is 0 Å². The molecule has 0 nitrogen and oxygen atoms in total. The van der Waals surface area contributed by atoms with Gasteiger partial charge in [0, 0.05) is 11.0 Å². The molecular weight excluding hydrogens is 260 g/mol. The number of hydrogen-bond donors (Lipinski definition) is 0. The first kappa shape index (κ1) is 15.9. The van der Waals surface area contributed by atoms with E-state index in [9.17, 15) is 0 Å². The van der Waals surface area contributed by atoms with Gasteiger partial charge in [-0.25, -0.2) is 0 Å². The third kappa shape index (κ3) is 3.61. The van der Waals surface area contributed by atoms with Gasteiger partial charge in [0.25, 0.3) is 0 Å². The van der Waals surface area contributed by atoms with Gasteiger partial charge >= 0.3 is 0 Å². The van der Waals surface area contributed by atoms with Crippen molar-refractivity contribution in [2.75, 3.05) is 11.5 Å². The van der Waals surface area contributed by atoms with Crippen molar-refractivity contribution >= 4 is 10.9 Å². The maximum atomic E-state index is 2.42. The molecule has 1 heteroatoms. The van der Waals surface area contributed by atoms with Gasteiger partial charge in [-0.15, -0.1) is 0 Å². The van der Waals surface area contributed by atoms with Crippen LogP contribution >= 0.6 is 0 Å². The Morgan fingerprint density at radius 1 is 0.850 bits per heavy atom. The molecule has 0 N–H and O–H groups in total. The molecule has 1 unspecified atom stereocenters. The van der Waals surface area contributed by atoms with Crippen LogP contribution in [0, 0.1) is 5.41 Å². The Hall–Kier alpha value is -0.430. The lowest BCUT2D eigenvalue weighted by molar-refractivity contribution is 0.398. The Morgan fingerprint density at radius 3 is 1.75 bits per heavy atom. The van der Waals surface area contributed by atoms with Crippen LogP contribution in [0.2, 0.25) is 0 Å². The van der Waals surface area contributed by atoms with Crippen LogP contribution in [-0.2, 0) is 16.3 Å². The minimum Gasteiger partial charge on any atom is -0.0580 e. The average molecular weight is 292 g/mol. The van der Waals surface area contributed by atoms with Gasteiger partial charge in [0.2, 0.25) is 0 Å². The Labute approximate surface area is 128 Å². The minimum atomic E-state index is 0.255. The molecule has 0 amide bonds. The second-order valence-electron chi connectivity index (χ2n) is 8.27. The monoisotopic (exact) mass is 291 g/mol. The van der Waals surface area contributed by atoms with Crippen LogP contribution in [0.25, 0.3) is 0 Å². The fourth-order valence-electron chi connectivity index (χ4n) is 3.26. The summed E-state index contributed by atoms with van der Waals surface area (Å²) < 4.78 is 0. The summed E-state index contributed by atoms with van der Waals surface area (Å²) in [5.74, 6) is 2.89. The maximum Gasteiger partial charge on any atom is 0.148 e. The lowest BCUT2D eigenvalue weighted by atomic mass is 9.83. The summed E-state index contributed by atoms with van der Waals surface area (Å²) in [5.41, 5.74) is 3.64. The second kappa shape index (κ2) is 5.75. The van der Waals surface area contributed by atoms with E-state index in [0.29, 0.717) is 16.3 Å². The molecule has 0 saturated carbocycles. The third-order valence-corrected chi connectivity index (χ3v) is 7.53. The van der Waals surface area contributed by atoms with Crippen LogP contribution < -0.4 is 0 Å². The van der Waals surface area contributed by atoms with Crippen LogP contribution in [0.1, 0.15) is 70.8 Å². The van der Waals surface area contributed by atoms with E-state index in [-0.39, 0.29) is 5.41 Å². The SMILES string of the molecule is CC(C)(C)c1ccc(C([S+]2CCCC2)C(C)(C)C)cc1. The summed E-state index contributed by atoms with van der Waals surface area (Å²) in [6, 6.07) is 9.52. The molecule has 1 aliphatic heterocycles. The zero-order valence-corrected chi connectivity index (χ0v) is 14.9. The van der Waals surface area contributed by atoms with Crippen molar-refractivity contribution in [3.63, 3.8) is 0 Å². The highest BCUT2D eigenvalue weighted by molar-refractivity contribution is 7.97.